The number of hydrogen-bond acceptors (Lipinski definition) is 5. The predicted molar refractivity (Wildman–Crippen MR) is 72.6 cm³/mol. The van der Waals surface area contributed by atoms with Crippen molar-refractivity contribution in [3.63, 3.8) is 0 Å². The minimum atomic E-state index is 0.482. The maximum atomic E-state index is 5.95. The third-order valence-corrected chi connectivity index (χ3v) is 3.61. The van der Waals surface area contributed by atoms with E-state index in [1.807, 2.05) is 36.9 Å². The molecule has 0 fully saturated rings. The highest BCUT2D eigenvalue weighted by Crippen LogP contribution is 2.20. The lowest BCUT2D eigenvalue weighted by molar-refractivity contribution is 0.819. The molecule has 0 bridgehead atoms. The molecule has 0 radical (unpaired) electrons. The van der Waals surface area contributed by atoms with Crippen molar-refractivity contribution in [1.29, 1.82) is 0 Å². The molecule has 92 valence electrons. The largest absolute Gasteiger partial charge is 0.369 e. The summed E-state index contributed by atoms with van der Waals surface area (Å²) in [7, 11) is 0. The minimum absolute atomic E-state index is 0.482. The lowest BCUT2D eigenvalue weighted by atomic mass is 10.3. The average molecular weight is 259 g/mol. The first-order chi connectivity index (χ1) is 8.63. The molecule has 2 N–H and O–H groups in total. The highest BCUT2D eigenvalue weighted by molar-refractivity contribution is 7.11. The second-order valence-corrected chi connectivity index (χ2v) is 5.60. The smallest absolute Gasteiger partial charge is 0.202 e. The van der Waals surface area contributed by atoms with Gasteiger partial charge in [-0.15, -0.1) is 11.3 Å². The number of nitrogen functional groups attached to an aromatic ring is 1. The highest BCUT2D eigenvalue weighted by atomic mass is 32.1. The summed E-state index contributed by atoms with van der Waals surface area (Å²) in [6.45, 7) is 4.65. The average Bonchev–Trinajstić information content (AvgIpc) is 2.84. The van der Waals surface area contributed by atoms with Crippen LogP contribution in [-0.2, 0) is 6.54 Å². The number of nitrogens with two attached hydrogens (primary N) is 1. The van der Waals surface area contributed by atoms with Crippen LogP contribution in [-0.4, -0.2) is 19.5 Å². The molecule has 3 aromatic heterocycles. The molecule has 0 aliphatic rings. The van der Waals surface area contributed by atoms with E-state index in [4.69, 9.17) is 5.73 Å². The summed E-state index contributed by atoms with van der Waals surface area (Å²) < 4.78 is 1.90. The molecular weight excluding hydrogens is 246 g/mol. The fourth-order valence-electron chi connectivity index (χ4n) is 1.89. The number of aryl methyl sites for hydroxylation is 2. The van der Waals surface area contributed by atoms with Gasteiger partial charge in [-0.2, -0.15) is 0 Å². The Morgan fingerprint density at radius 1 is 1.28 bits per heavy atom. The van der Waals surface area contributed by atoms with Crippen LogP contribution in [0.15, 0.2) is 18.5 Å². The molecule has 0 spiro atoms. The Hall–Kier alpha value is -1.95. The number of thiazole rings is 1. The van der Waals surface area contributed by atoms with Gasteiger partial charge in [0, 0.05) is 17.3 Å². The van der Waals surface area contributed by atoms with Crippen LogP contribution in [0.25, 0.3) is 11.2 Å². The number of aromatic nitrogens is 4. The van der Waals surface area contributed by atoms with Gasteiger partial charge in [0.1, 0.15) is 10.5 Å². The number of rotatable bonds is 2. The summed E-state index contributed by atoms with van der Waals surface area (Å²) in [4.78, 5) is 14.3. The minimum Gasteiger partial charge on any atom is -0.369 e. The fraction of sp³-hybridized carbons (Fsp3) is 0.250. The topological polar surface area (TPSA) is 69.6 Å². The summed E-state index contributed by atoms with van der Waals surface area (Å²) in [6, 6.07) is 1.99. The van der Waals surface area contributed by atoms with Crippen molar-refractivity contribution in [3.8, 4) is 0 Å². The summed E-state index contributed by atoms with van der Waals surface area (Å²) in [5.74, 6) is 0.482. The SMILES string of the molecule is Cc1cnc2c(c1)nc(N)n2Cc1ncc(C)s1. The van der Waals surface area contributed by atoms with Crippen molar-refractivity contribution >= 4 is 28.4 Å². The maximum Gasteiger partial charge on any atom is 0.202 e. The Bertz CT molecular complexity index is 712. The van der Waals surface area contributed by atoms with E-state index in [-0.39, 0.29) is 0 Å². The van der Waals surface area contributed by atoms with Gasteiger partial charge >= 0.3 is 0 Å². The van der Waals surface area contributed by atoms with E-state index in [1.165, 1.54) is 4.88 Å². The van der Waals surface area contributed by atoms with E-state index in [0.717, 1.165) is 21.7 Å². The molecule has 0 aliphatic carbocycles. The standard InChI is InChI=1S/C12H13N5S/c1-7-3-9-11(15-4-7)17(12(13)16-9)6-10-14-5-8(2)18-10/h3-5H,6H2,1-2H3,(H2,13,16). The summed E-state index contributed by atoms with van der Waals surface area (Å²) >= 11 is 1.66. The van der Waals surface area contributed by atoms with Crippen LogP contribution >= 0.6 is 11.3 Å². The molecule has 6 heteroatoms. The summed E-state index contributed by atoms with van der Waals surface area (Å²) in [5.41, 5.74) is 8.67. The zero-order chi connectivity index (χ0) is 12.7. The van der Waals surface area contributed by atoms with Crippen molar-refractivity contribution in [3.05, 3.63) is 33.9 Å². The number of pyridine rings is 1. The first-order valence-electron chi connectivity index (χ1n) is 5.63. The Morgan fingerprint density at radius 3 is 2.83 bits per heavy atom. The van der Waals surface area contributed by atoms with E-state index in [9.17, 15) is 0 Å². The van der Waals surface area contributed by atoms with E-state index in [2.05, 4.69) is 15.0 Å². The number of imidazole rings is 1. The third kappa shape index (κ3) is 1.84. The molecule has 0 unspecified atom stereocenters. The summed E-state index contributed by atoms with van der Waals surface area (Å²) in [5, 5.41) is 1.01. The molecular formula is C12H13N5S. The van der Waals surface area contributed by atoms with Gasteiger partial charge < -0.3 is 5.73 Å². The molecule has 0 saturated heterocycles. The van der Waals surface area contributed by atoms with Gasteiger partial charge in [0.15, 0.2) is 5.65 Å². The van der Waals surface area contributed by atoms with Crippen molar-refractivity contribution in [2.75, 3.05) is 5.73 Å². The maximum absolute atomic E-state index is 5.95. The second-order valence-electron chi connectivity index (χ2n) is 4.28. The van der Waals surface area contributed by atoms with Crippen molar-refractivity contribution in [2.24, 2.45) is 0 Å². The molecule has 0 aromatic carbocycles. The van der Waals surface area contributed by atoms with E-state index < -0.39 is 0 Å². The summed E-state index contributed by atoms with van der Waals surface area (Å²) in [6.07, 6.45) is 3.69. The number of anilines is 1. The van der Waals surface area contributed by atoms with Gasteiger partial charge in [-0.1, -0.05) is 0 Å². The van der Waals surface area contributed by atoms with E-state index in [0.29, 0.717) is 12.5 Å². The Kier molecular flexibility index (Phi) is 2.52. The molecule has 0 saturated carbocycles. The van der Waals surface area contributed by atoms with Crippen LogP contribution < -0.4 is 5.73 Å². The lowest BCUT2D eigenvalue weighted by Crippen LogP contribution is -2.04. The molecule has 3 aromatic rings. The first-order valence-corrected chi connectivity index (χ1v) is 6.45. The molecule has 18 heavy (non-hydrogen) atoms. The molecule has 3 rings (SSSR count). The Balaban J connectivity index is 2.08. The van der Waals surface area contributed by atoms with Gasteiger partial charge in [0.05, 0.1) is 6.54 Å². The fourth-order valence-corrected chi connectivity index (χ4v) is 2.67. The molecule has 0 atom stereocenters. The zero-order valence-corrected chi connectivity index (χ0v) is 11.0. The van der Waals surface area contributed by atoms with Crippen molar-refractivity contribution < 1.29 is 0 Å². The van der Waals surface area contributed by atoms with Crippen LogP contribution in [0.2, 0.25) is 0 Å². The molecule has 0 amide bonds. The Labute approximate surface area is 108 Å². The van der Waals surface area contributed by atoms with Crippen LogP contribution in [0.1, 0.15) is 15.4 Å². The van der Waals surface area contributed by atoms with Gasteiger partial charge in [-0.05, 0) is 25.5 Å². The molecule has 5 nitrogen and oxygen atoms in total. The van der Waals surface area contributed by atoms with Crippen molar-refractivity contribution in [2.45, 2.75) is 20.4 Å². The predicted octanol–water partition coefficient (Wildman–Crippen LogP) is 2.14. The Morgan fingerprint density at radius 2 is 2.11 bits per heavy atom. The monoisotopic (exact) mass is 259 g/mol. The first kappa shape index (κ1) is 11.2. The number of nitrogens with zero attached hydrogens (tertiary/aromatic N) is 4. The van der Waals surface area contributed by atoms with Crippen LogP contribution in [0.3, 0.4) is 0 Å². The van der Waals surface area contributed by atoms with Crippen LogP contribution in [0.4, 0.5) is 5.95 Å². The molecule has 0 aliphatic heterocycles. The zero-order valence-electron chi connectivity index (χ0n) is 10.2. The van der Waals surface area contributed by atoms with Gasteiger partial charge in [-0.25, -0.2) is 15.0 Å². The van der Waals surface area contributed by atoms with Gasteiger partial charge in [-0.3, -0.25) is 4.57 Å². The third-order valence-electron chi connectivity index (χ3n) is 2.71. The second kappa shape index (κ2) is 4.06. The normalized spacial score (nSPS) is 11.2. The molecule has 3 heterocycles. The van der Waals surface area contributed by atoms with Gasteiger partial charge in [0.25, 0.3) is 0 Å². The van der Waals surface area contributed by atoms with Gasteiger partial charge in [0.2, 0.25) is 5.95 Å². The van der Waals surface area contributed by atoms with Crippen LogP contribution in [0, 0.1) is 13.8 Å². The quantitative estimate of drug-likeness (QED) is 0.765. The van der Waals surface area contributed by atoms with E-state index >= 15 is 0 Å². The number of fused-ring (bicyclic) bond motifs is 1. The lowest BCUT2D eigenvalue weighted by Gasteiger charge is -2.02. The number of hydrogen-bond donors (Lipinski definition) is 1. The highest BCUT2D eigenvalue weighted by Gasteiger charge is 2.11. The van der Waals surface area contributed by atoms with E-state index in [1.54, 1.807) is 11.3 Å². The van der Waals surface area contributed by atoms with Crippen LogP contribution in [0.5, 0.6) is 0 Å². The van der Waals surface area contributed by atoms with Crippen molar-refractivity contribution in [1.82, 2.24) is 19.5 Å².